The van der Waals surface area contributed by atoms with Crippen molar-refractivity contribution in [3.63, 3.8) is 0 Å². The summed E-state index contributed by atoms with van der Waals surface area (Å²) < 4.78 is 31.9. The van der Waals surface area contributed by atoms with Gasteiger partial charge in [-0.05, 0) is 42.8 Å². The number of aromatic nitrogens is 2. The molecule has 1 heterocycles. The first-order valence-electron chi connectivity index (χ1n) is 11.0. The van der Waals surface area contributed by atoms with E-state index in [1.165, 1.54) is 12.1 Å². The van der Waals surface area contributed by atoms with Crippen molar-refractivity contribution in [1.29, 1.82) is 0 Å². The fourth-order valence-electron chi connectivity index (χ4n) is 3.61. The molecule has 0 aliphatic heterocycles. The molecule has 0 spiro atoms. The molecule has 1 atom stereocenters. The Balaban J connectivity index is 2.01. The summed E-state index contributed by atoms with van der Waals surface area (Å²) in [6, 6.07) is 15.7. The second kappa shape index (κ2) is 12.5. The van der Waals surface area contributed by atoms with E-state index in [0.717, 1.165) is 16.9 Å². The molecule has 1 N–H and O–H groups in total. The number of nitrogens with zero attached hydrogens (tertiary/aromatic N) is 3. The van der Waals surface area contributed by atoms with E-state index in [1.807, 2.05) is 37.3 Å². The molecule has 0 saturated heterocycles. The molecule has 8 heteroatoms. The zero-order valence-corrected chi connectivity index (χ0v) is 19.4. The number of para-hydroxylation sites is 1. The Morgan fingerprint density at radius 1 is 1.06 bits per heavy atom. The summed E-state index contributed by atoms with van der Waals surface area (Å²) in [6.45, 7) is 4.33. The van der Waals surface area contributed by atoms with E-state index in [-0.39, 0.29) is 12.4 Å². The largest absolute Gasteiger partial charge is 0.439 e. The monoisotopic (exact) mass is 457 g/mol. The van der Waals surface area contributed by atoms with Crippen LogP contribution in [0.25, 0.3) is 5.69 Å². The standard InChI is InChI=1S/C25H32FN3O4/c1-4-24-23(17-28(14-15-31-2)16-21(30)18-32-3)25(33-22-12-10-19(26)11-13-22)29(27-24)20-8-6-5-7-9-20/h5-13,21,30H,4,14-18H2,1-3H3/t21-/m1/s1. The molecule has 0 aliphatic carbocycles. The lowest BCUT2D eigenvalue weighted by Gasteiger charge is -2.25. The van der Waals surface area contributed by atoms with Crippen molar-refractivity contribution in [1.82, 2.24) is 14.7 Å². The van der Waals surface area contributed by atoms with Crippen LogP contribution in [0.3, 0.4) is 0 Å². The van der Waals surface area contributed by atoms with Crippen LogP contribution in [-0.2, 0) is 22.4 Å². The number of methoxy groups -OCH3 is 2. The maximum absolute atomic E-state index is 13.5. The van der Waals surface area contributed by atoms with Gasteiger partial charge >= 0.3 is 0 Å². The average Bonchev–Trinajstić information content (AvgIpc) is 3.16. The first-order chi connectivity index (χ1) is 16.0. The second-order valence-corrected chi connectivity index (χ2v) is 7.72. The quantitative estimate of drug-likeness (QED) is 0.421. The molecule has 0 saturated carbocycles. The lowest BCUT2D eigenvalue weighted by Crippen LogP contribution is -2.36. The molecule has 3 rings (SSSR count). The minimum absolute atomic E-state index is 0.242. The highest BCUT2D eigenvalue weighted by Crippen LogP contribution is 2.32. The molecule has 0 bridgehead atoms. The molecule has 2 aromatic carbocycles. The van der Waals surface area contributed by atoms with Gasteiger partial charge in [0.2, 0.25) is 5.88 Å². The molecule has 0 unspecified atom stereocenters. The predicted octanol–water partition coefficient (Wildman–Crippen LogP) is 3.82. The van der Waals surface area contributed by atoms with Gasteiger partial charge in [0.1, 0.15) is 11.6 Å². The number of aliphatic hydroxyl groups is 1. The summed E-state index contributed by atoms with van der Waals surface area (Å²) in [5, 5.41) is 15.2. The van der Waals surface area contributed by atoms with E-state index in [9.17, 15) is 9.50 Å². The summed E-state index contributed by atoms with van der Waals surface area (Å²) in [5.41, 5.74) is 2.66. The number of halogens is 1. The zero-order chi connectivity index (χ0) is 23.6. The molecule has 0 amide bonds. The summed E-state index contributed by atoms with van der Waals surface area (Å²) in [5.74, 6) is 0.750. The van der Waals surface area contributed by atoms with E-state index >= 15 is 0 Å². The van der Waals surface area contributed by atoms with Gasteiger partial charge in [0.25, 0.3) is 0 Å². The van der Waals surface area contributed by atoms with Crippen molar-refractivity contribution in [3.05, 3.63) is 71.7 Å². The second-order valence-electron chi connectivity index (χ2n) is 7.72. The number of hydrogen-bond acceptors (Lipinski definition) is 6. The summed E-state index contributed by atoms with van der Waals surface area (Å²) in [6.07, 6.45) is 0.0656. The molecule has 1 aromatic heterocycles. The Bertz CT molecular complexity index is 979. The van der Waals surface area contributed by atoms with E-state index in [0.29, 0.717) is 44.3 Å². The molecular formula is C25H32FN3O4. The van der Waals surface area contributed by atoms with Crippen molar-refractivity contribution in [2.75, 3.05) is 40.5 Å². The summed E-state index contributed by atoms with van der Waals surface area (Å²) in [7, 11) is 3.22. The Hall–Kier alpha value is -2.78. The van der Waals surface area contributed by atoms with Gasteiger partial charge in [0.15, 0.2) is 0 Å². The lowest BCUT2D eigenvalue weighted by molar-refractivity contribution is 0.0291. The van der Waals surface area contributed by atoms with Crippen LogP contribution in [0.4, 0.5) is 4.39 Å². The van der Waals surface area contributed by atoms with Gasteiger partial charge < -0.3 is 19.3 Å². The maximum atomic E-state index is 13.5. The van der Waals surface area contributed by atoms with Gasteiger partial charge in [-0.15, -0.1) is 0 Å². The minimum atomic E-state index is -0.637. The Morgan fingerprint density at radius 3 is 2.42 bits per heavy atom. The maximum Gasteiger partial charge on any atom is 0.227 e. The van der Waals surface area contributed by atoms with Crippen molar-refractivity contribution in [2.24, 2.45) is 0 Å². The minimum Gasteiger partial charge on any atom is -0.439 e. The van der Waals surface area contributed by atoms with Crippen molar-refractivity contribution < 1.29 is 23.7 Å². The first-order valence-corrected chi connectivity index (χ1v) is 11.0. The molecular weight excluding hydrogens is 425 g/mol. The Labute approximate surface area is 194 Å². The number of ether oxygens (including phenoxy) is 3. The summed E-state index contributed by atoms with van der Waals surface area (Å²) in [4.78, 5) is 2.09. The third kappa shape index (κ3) is 6.85. The smallest absolute Gasteiger partial charge is 0.227 e. The Morgan fingerprint density at radius 2 is 1.79 bits per heavy atom. The topological polar surface area (TPSA) is 69.0 Å². The SMILES string of the molecule is CCc1nn(-c2ccccc2)c(Oc2ccc(F)cc2)c1CN(CCOC)C[C@@H](O)COC. The van der Waals surface area contributed by atoms with E-state index in [4.69, 9.17) is 19.3 Å². The lowest BCUT2D eigenvalue weighted by atomic mass is 10.1. The molecule has 7 nitrogen and oxygen atoms in total. The van der Waals surface area contributed by atoms with Crippen LogP contribution in [0.15, 0.2) is 54.6 Å². The Kier molecular flexibility index (Phi) is 9.38. The van der Waals surface area contributed by atoms with Crippen LogP contribution in [0.2, 0.25) is 0 Å². The van der Waals surface area contributed by atoms with E-state index in [2.05, 4.69) is 4.90 Å². The molecule has 178 valence electrons. The van der Waals surface area contributed by atoms with Crippen molar-refractivity contribution in [2.45, 2.75) is 26.0 Å². The highest BCUT2D eigenvalue weighted by atomic mass is 19.1. The normalized spacial score (nSPS) is 12.3. The van der Waals surface area contributed by atoms with Crippen LogP contribution in [-0.4, -0.2) is 66.4 Å². The van der Waals surface area contributed by atoms with Gasteiger partial charge in [-0.3, -0.25) is 4.90 Å². The van der Waals surface area contributed by atoms with Crippen LogP contribution < -0.4 is 4.74 Å². The third-order valence-electron chi connectivity index (χ3n) is 5.20. The zero-order valence-electron chi connectivity index (χ0n) is 19.4. The molecule has 33 heavy (non-hydrogen) atoms. The average molecular weight is 458 g/mol. The number of aryl methyl sites for hydroxylation is 1. The van der Waals surface area contributed by atoms with Gasteiger partial charge in [-0.1, -0.05) is 25.1 Å². The van der Waals surface area contributed by atoms with Crippen LogP contribution in [0, 0.1) is 5.82 Å². The van der Waals surface area contributed by atoms with Crippen LogP contribution >= 0.6 is 0 Å². The van der Waals surface area contributed by atoms with Crippen LogP contribution in [0.1, 0.15) is 18.2 Å². The predicted molar refractivity (Wildman–Crippen MR) is 124 cm³/mol. The number of hydrogen-bond donors (Lipinski definition) is 1. The molecule has 3 aromatic rings. The van der Waals surface area contributed by atoms with Gasteiger partial charge in [0, 0.05) is 33.9 Å². The summed E-state index contributed by atoms with van der Waals surface area (Å²) >= 11 is 0. The third-order valence-corrected chi connectivity index (χ3v) is 5.20. The highest BCUT2D eigenvalue weighted by molar-refractivity contribution is 5.43. The van der Waals surface area contributed by atoms with Gasteiger partial charge in [-0.2, -0.15) is 5.10 Å². The van der Waals surface area contributed by atoms with Gasteiger partial charge in [0.05, 0.1) is 36.3 Å². The first kappa shape index (κ1) is 24.9. The number of benzene rings is 2. The van der Waals surface area contributed by atoms with E-state index < -0.39 is 6.10 Å². The van der Waals surface area contributed by atoms with Crippen LogP contribution in [0.5, 0.6) is 11.6 Å². The molecule has 0 radical (unpaired) electrons. The molecule has 0 fully saturated rings. The fourth-order valence-corrected chi connectivity index (χ4v) is 3.61. The fraction of sp³-hybridized carbons (Fsp3) is 0.400. The van der Waals surface area contributed by atoms with Crippen molar-refractivity contribution in [3.8, 4) is 17.3 Å². The highest BCUT2D eigenvalue weighted by Gasteiger charge is 2.23. The number of rotatable bonds is 13. The van der Waals surface area contributed by atoms with E-state index in [1.54, 1.807) is 31.0 Å². The van der Waals surface area contributed by atoms with Crippen molar-refractivity contribution >= 4 is 0 Å². The van der Waals surface area contributed by atoms with Gasteiger partial charge in [-0.25, -0.2) is 9.07 Å². The number of aliphatic hydroxyl groups excluding tert-OH is 1. The molecule has 0 aliphatic rings.